The molecule has 3 rings (SSSR count). The Morgan fingerprint density at radius 1 is 1.06 bits per heavy atom. The van der Waals surface area contributed by atoms with Crippen LogP contribution >= 0.6 is 0 Å². The third-order valence-corrected chi connectivity index (χ3v) is 6.57. The number of aryl methyl sites for hydroxylation is 1. The van der Waals surface area contributed by atoms with Gasteiger partial charge in [0, 0.05) is 17.1 Å². The lowest BCUT2D eigenvalue weighted by atomic mass is 10.1. The molecule has 8 nitrogen and oxygen atoms in total. The fourth-order valence-electron chi connectivity index (χ4n) is 3.47. The number of anilines is 2. The summed E-state index contributed by atoms with van der Waals surface area (Å²) in [7, 11) is -3.87. The molecule has 0 saturated heterocycles. The van der Waals surface area contributed by atoms with Gasteiger partial charge in [0.2, 0.25) is 0 Å². The van der Waals surface area contributed by atoms with Crippen molar-refractivity contribution in [3.63, 3.8) is 0 Å². The summed E-state index contributed by atoms with van der Waals surface area (Å²) in [6, 6.07) is 11.5. The molecule has 0 aliphatic rings. The molecule has 0 unspecified atom stereocenters. The summed E-state index contributed by atoms with van der Waals surface area (Å²) in [5.74, 6) is 0.307. The summed E-state index contributed by atoms with van der Waals surface area (Å²) < 4.78 is 35.8. The van der Waals surface area contributed by atoms with Crippen molar-refractivity contribution in [2.75, 3.05) is 16.6 Å². The molecular formula is C24H30N4O4S. The van der Waals surface area contributed by atoms with Crippen LogP contribution in [0.3, 0.4) is 0 Å². The lowest BCUT2D eigenvalue weighted by molar-refractivity contribution is 0.102. The molecule has 0 aliphatic heterocycles. The number of nitrogens with one attached hydrogen (secondary N) is 2. The van der Waals surface area contributed by atoms with Crippen LogP contribution in [0.4, 0.5) is 11.4 Å². The van der Waals surface area contributed by atoms with Gasteiger partial charge in [-0.3, -0.25) is 14.2 Å². The lowest BCUT2D eigenvalue weighted by Gasteiger charge is -2.21. The maximum absolute atomic E-state index is 13.0. The first kappa shape index (κ1) is 24.3. The smallest absolute Gasteiger partial charge is 0.262 e. The first-order valence-corrected chi connectivity index (χ1v) is 12.1. The minimum Gasteiger partial charge on any atom is -0.494 e. The number of nitrogens with zero attached hydrogens (tertiary/aromatic N) is 2. The van der Waals surface area contributed by atoms with Gasteiger partial charge in [-0.15, -0.1) is 0 Å². The molecule has 0 bridgehead atoms. The monoisotopic (exact) mass is 470 g/mol. The Morgan fingerprint density at radius 3 is 2.27 bits per heavy atom. The Kier molecular flexibility index (Phi) is 6.83. The van der Waals surface area contributed by atoms with Gasteiger partial charge in [0.25, 0.3) is 15.9 Å². The Hall–Kier alpha value is -3.33. The number of sulfonamides is 1. The number of rotatable bonds is 7. The standard InChI is InChI=1S/C24H30N4O4S/c1-7-32-20-12-10-18(11-13-20)27-33(30,31)22-14-19(9-8-16(22)2)26-23(29)21-15-25-28(17(21)3)24(4,5)6/h8-15,27H,7H2,1-6H3,(H,26,29). The van der Waals surface area contributed by atoms with Crippen LogP contribution in [-0.4, -0.2) is 30.7 Å². The Bertz CT molecular complexity index is 1260. The average Bonchev–Trinajstić information content (AvgIpc) is 3.13. The van der Waals surface area contributed by atoms with Crippen molar-refractivity contribution in [3.8, 4) is 5.75 Å². The van der Waals surface area contributed by atoms with E-state index in [0.717, 1.165) is 5.69 Å². The molecule has 1 amide bonds. The van der Waals surface area contributed by atoms with Crippen LogP contribution in [0, 0.1) is 13.8 Å². The fourth-order valence-corrected chi connectivity index (χ4v) is 4.80. The molecule has 176 valence electrons. The van der Waals surface area contributed by atoms with Crippen molar-refractivity contribution in [3.05, 3.63) is 65.5 Å². The van der Waals surface area contributed by atoms with E-state index in [4.69, 9.17) is 4.74 Å². The van der Waals surface area contributed by atoms with Crippen molar-refractivity contribution in [2.24, 2.45) is 0 Å². The van der Waals surface area contributed by atoms with Crippen LogP contribution < -0.4 is 14.8 Å². The van der Waals surface area contributed by atoms with Gasteiger partial charge >= 0.3 is 0 Å². The van der Waals surface area contributed by atoms with E-state index in [0.29, 0.717) is 34.9 Å². The predicted octanol–water partition coefficient (Wildman–Crippen LogP) is 4.71. The van der Waals surface area contributed by atoms with E-state index < -0.39 is 10.0 Å². The van der Waals surface area contributed by atoms with Gasteiger partial charge in [0.1, 0.15) is 5.75 Å². The van der Waals surface area contributed by atoms with Crippen LogP contribution in [0.1, 0.15) is 49.3 Å². The van der Waals surface area contributed by atoms with Gasteiger partial charge in [-0.05, 0) is 83.5 Å². The first-order valence-electron chi connectivity index (χ1n) is 10.6. The second-order valence-corrected chi connectivity index (χ2v) is 10.4. The number of hydrogen-bond donors (Lipinski definition) is 2. The second-order valence-electron chi connectivity index (χ2n) is 8.72. The lowest BCUT2D eigenvalue weighted by Crippen LogP contribution is -2.25. The molecule has 0 saturated carbocycles. The molecule has 0 spiro atoms. The van der Waals surface area contributed by atoms with Crippen LogP contribution in [0.15, 0.2) is 53.6 Å². The second kappa shape index (κ2) is 9.27. The highest BCUT2D eigenvalue weighted by Gasteiger charge is 2.23. The number of carbonyl (C=O) groups is 1. The molecule has 0 aliphatic carbocycles. The zero-order valence-electron chi connectivity index (χ0n) is 19.8. The van der Waals surface area contributed by atoms with Crippen LogP contribution in [0.25, 0.3) is 0 Å². The molecule has 1 heterocycles. The highest BCUT2D eigenvalue weighted by molar-refractivity contribution is 7.92. The number of hydrogen-bond acceptors (Lipinski definition) is 5. The number of aromatic nitrogens is 2. The van der Waals surface area contributed by atoms with Gasteiger partial charge in [0.05, 0.1) is 28.8 Å². The molecule has 1 aromatic heterocycles. The molecule has 0 atom stereocenters. The van der Waals surface area contributed by atoms with Gasteiger partial charge in [-0.2, -0.15) is 5.10 Å². The molecule has 3 aromatic rings. The van der Waals surface area contributed by atoms with Gasteiger partial charge in [-0.25, -0.2) is 8.42 Å². The predicted molar refractivity (Wildman–Crippen MR) is 130 cm³/mol. The molecule has 0 radical (unpaired) electrons. The van der Waals surface area contributed by atoms with E-state index >= 15 is 0 Å². The summed E-state index contributed by atoms with van der Waals surface area (Å²) in [6.07, 6.45) is 1.52. The van der Waals surface area contributed by atoms with E-state index in [1.807, 2.05) is 34.6 Å². The number of carbonyl (C=O) groups excluding carboxylic acids is 1. The topological polar surface area (TPSA) is 102 Å². The number of benzene rings is 2. The quantitative estimate of drug-likeness (QED) is 0.521. The molecule has 33 heavy (non-hydrogen) atoms. The number of amides is 1. The third-order valence-electron chi connectivity index (χ3n) is 5.04. The Morgan fingerprint density at radius 2 is 1.70 bits per heavy atom. The van der Waals surface area contributed by atoms with Gasteiger partial charge in [-0.1, -0.05) is 6.07 Å². The fraction of sp³-hybridized carbons (Fsp3) is 0.333. The van der Waals surface area contributed by atoms with E-state index in [9.17, 15) is 13.2 Å². The Labute approximate surface area is 195 Å². The summed E-state index contributed by atoms with van der Waals surface area (Å²) in [6.45, 7) is 12.0. The summed E-state index contributed by atoms with van der Waals surface area (Å²) in [5.41, 5.74) is 2.25. The highest BCUT2D eigenvalue weighted by atomic mass is 32.2. The van der Waals surface area contributed by atoms with E-state index in [1.165, 1.54) is 12.3 Å². The average molecular weight is 471 g/mol. The largest absolute Gasteiger partial charge is 0.494 e. The van der Waals surface area contributed by atoms with Crippen molar-refractivity contribution >= 4 is 27.3 Å². The number of ether oxygens (including phenoxy) is 1. The maximum atomic E-state index is 13.0. The maximum Gasteiger partial charge on any atom is 0.262 e. The third kappa shape index (κ3) is 5.54. The highest BCUT2D eigenvalue weighted by Crippen LogP contribution is 2.25. The van der Waals surface area contributed by atoms with Crippen LogP contribution in [0.5, 0.6) is 5.75 Å². The van der Waals surface area contributed by atoms with Crippen molar-refractivity contribution in [1.82, 2.24) is 9.78 Å². The zero-order chi connectivity index (χ0) is 24.4. The van der Waals surface area contributed by atoms with Crippen molar-refractivity contribution in [2.45, 2.75) is 52.0 Å². The first-order chi connectivity index (χ1) is 15.4. The van der Waals surface area contributed by atoms with Gasteiger partial charge in [0.15, 0.2) is 0 Å². The summed E-state index contributed by atoms with van der Waals surface area (Å²) in [4.78, 5) is 12.9. The zero-order valence-corrected chi connectivity index (χ0v) is 20.6. The van der Waals surface area contributed by atoms with E-state index in [2.05, 4.69) is 15.1 Å². The van der Waals surface area contributed by atoms with Crippen LogP contribution in [0.2, 0.25) is 0 Å². The normalized spacial score (nSPS) is 11.8. The molecule has 9 heteroatoms. The summed E-state index contributed by atoms with van der Waals surface area (Å²) >= 11 is 0. The molecular weight excluding hydrogens is 440 g/mol. The van der Waals surface area contributed by atoms with Gasteiger partial charge < -0.3 is 10.1 Å². The minimum atomic E-state index is -3.87. The SMILES string of the molecule is CCOc1ccc(NS(=O)(=O)c2cc(NC(=O)c3cnn(C(C)(C)C)c3C)ccc2C)cc1. The van der Waals surface area contributed by atoms with Crippen molar-refractivity contribution in [1.29, 1.82) is 0 Å². The molecule has 0 fully saturated rings. The van der Waals surface area contributed by atoms with Crippen molar-refractivity contribution < 1.29 is 17.9 Å². The molecule has 2 aromatic carbocycles. The minimum absolute atomic E-state index is 0.0799. The van der Waals surface area contributed by atoms with E-state index in [1.54, 1.807) is 48.0 Å². The van der Waals surface area contributed by atoms with E-state index in [-0.39, 0.29) is 16.3 Å². The van der Waals surface area contributed by atoms with Crippen LogP contribution in [-0.2, 0) is 15.6 Å². The summed E-state index contributed by atoms with van der Waals surface area (Å²) in [5, 5.41) is 7.11. The molecule has 2 N–H and O–H groups in total. The Balaban J connectivity index is 1.83.